The Morgan fingerprint density at radius 3 is 1.37 bits per heavy atom. The minimum atomic E-state index is -1.31. The van der Waals surface area contributed by atoms with E-state index in [1.54, 1.807) is 11.1 Å². The fraction of sp³-hybridized carbons (Fsp3) is 0.478. The Kier molecular flexibility index (Phi) is 6.28. The van der Waals surface area contributed by atoms with E-state index in [1.165, 1.54) is 11.8 Å². The van der Waals surface area contributed by atoms with E-state index in [2.05, 4.69) is 114 Å². The van der Waals surface area contributed by atoms with Crippen LogP contribution < -0.4 is 0 Å². The zero-order chi connectivity index (χ0) is 20.0. The highest BCUT2D eigenvalue weighted by molar-refractivity contribution is 6.83. The van der Waals surface area contributed by atoms with Crippen molar-refractivity contribution in [1.29, 1.82) is 0 Å². The van der Waals surface area contributed by atoms with Gasteiger partial charge in [0.2, 0.25) is 0 Å². The van der Waals surface area contributed by atoms with Crippen molar-refractivity contribution in [1.82, 2.24) is 9.80 Å². The molecule has 2 aliphatic carbocycles. The van der Waals surface area contributed by atoms with Gasteiger partial charge >= 0.3 is 0 Å². The molecule has 0 saturated heterocycles. The molecular weight excluding hydrogens is 360 g/mol. The zero-order valence-corrected chi connectivity index (χ0v) is 20.4. The van der Waals surface area contributed by atoms with Crippen molar-refractivity contribution in [2.24, 2.45) is 0 Å². The maximum Gasteiger partial charge on any atom is 0.0899 e. The first-order valence-corrected chi connectivity index (χ1v) is 17.2. The Labute approximate surface area is 171 Å². The lowest BCUT2D eigenvalue weighted by Crippen LogP contribution is -2.46. The smallest absolute Gasteiger partial charge is 0.0899 e. The summed E-state index contributed by atoms with van der Waals surface area (Å²) in [6.07, 6.45) is 18.4. The second kappa shape index (κ2) is 7.89. The van der Waals surface area contributed by atoms with Crippen LogP contribution in [0.5, 0.6) is 0 Å². The highest BCUT2D eigenvalue weighted by Crippen LogP contribution is 2.45. The molecular formula is C23H36N2Si2. The van der Waals surface area contributed by atoms with Crippen molar-refractivity contribution in [3.8, 4) is 0 Å². The topological polar surface area (TPSA) is 6.48 Å². The molecule has 0 bridgehead atoms. The second-order valence-electron chi connectivity index (χ2n) is 10.1. The van der Waals surface area contributed by atoms with E-state index in [0.29, 0.717) is 12.1 Å². The Balaban J connectivity index is 1.62. The Morgan fingerprint density at radius 1 is 0.667 bits per heavy atom. The van der Waals surface area contributed by atoms with Crippen LogP contribution in [0.4, 0.5) is 0 Å². The molecule has 2 atom stereocenters. The normalized spacial score (nSPS) is 26.5. The predicted octanol–water partition coefficient (Wildman–Crippen LogP) is 5.12. The van der Waals surface area contributed by atoms with Crippen molar-refractivity contribution in [3.05, 3.63) is 73.8 Å². The van der Waals surface area contributed by atoms with Crippen LogP contribution in [-0.4, -0.2) is 44.7 Å². The lowest BCUT2D eigenvalue weighted by molar-refractivity contribution is 0.204. The SMILES string of the molecule is C[C@H]([C]1[CH][CH][CH][C]1[Si](C)(C)C)N1C=CN([C@H](C)[C]2[CH][CH][CH][C]2[Si](C)(C)C)C1. The molecule has 10 radical (unpaired) electrons. The third-order valence-electron chi connectivity index (χ3n) is 5.99. The van der Waals surface area contributed by atoms with Crippen molar-refractivity contribution in [2.45, 2.75) is 65.2 Å². The van der Waals surface area contributed by atoms with Crippen LogP contribution in [-0.2, 0) is 0 Å². The molecule has 0 aromatic carbocycles. The number of hydrogen-bond acceptors (Lipinski definition) is 2. The van der Waals surface area contributed by atoms with Gasteiger partial charge in [0.15, 0.2) is 0 Å². The summed E-state index contributed by atoms with van der Waals surface area (Å²) in [5, 5.41) is 0. The first kappa shape index (κ1) is 21.5. The Bertz CT molecular complexity index is 487. The monoisotopic (exact) mass is 396 g/mol. The molecule has 4 heteroatoms. The summed E-state index contributed by atoms with van der Waals surface area (Å²) < 4.78 is 0. The first-order chi connectivity index (χ1) is 12.5. The van der Waals surface area contributed by atoms with Crippen LogP contribution in [0.25, 0.3) is 0 Å². The van der Waals surface area contributed by atoms with Gasteiger partial charge in [0.1, 0.15) is 0 Å². The van der Waals surface area contributed by atoms with Gasteiger partial charge in [0.05, 0.1) is 22.8 Å². The van der Waals surface area contributed by atoms with Gasteiger partial charge in [0, 0.05) is 36.3 Å². The van der Waals surface area contributed by atoms with E-state index in [4.69, 9.17) is 0 Å². The summed E-state index contributed by atoms with van der Waals surface area (Å²) in [4.78, 5) is 4.99. The van der Waals surface area contributed by atoms with Gasteiger partial charge in [-0.3, -0.25) is 0 Å². The van der Waals surface area contributed by atoms with Gasteiger partial charge in [-0.1, -0.05) is 39.3 Å². The number of rotatable bonds is 6. The van der Waals surface area contributed by atoms with E-state index < -0.39 is 16.1 Å². The molecule has 1 aliphatic heterocycles. The van der Waals surface area contributed by atoms with Crippen LogP contribution in [0.15, 0.2) is 12.4 Å². The highest BCUT2D eigenvalue weighted by Gasteiger charge is 2.45. The molecule has 1 heterocycles. The van der Waals surface area contributed by atoms with Crippen molar-refractivity contribution in [2.75, 3.05) is 6.67 Å². The summed E-state index contributed by atoms with van der Waals surface area (Å²) in [5.41, 5.74) is 3.21. The summed E-state index contributed by atoms with van der Waals surface area (Å²) in [5.74, 6) is 3.04. The largest absolute Gasteiger partial charge is 0.355 e. The summed E-state index contributed by atoms with van der Waals surface area (Å²) in [7, 11) is -2.62. The van der Waals surface area contributed by atoms with Gasteiger partial charge in [-0.05, 0) is 63.5 Å². The quantitative estimate of drug-likeness (QED) is 0.575. The summed E-state index contributed by atoms with van der Waals surface area (Å²) >= 11 is 0. The van der Waals surface area contributed by atoms with Gasteiger partial charge in [-0.15, -0.1) is 0 Å². The molecule has 2 nitrogen and oxygen atoms in total. The van der Waals surface area contributed by atoms with E-state index in [-0.39, 0.29) is 0 Å². The molecule has 3 aliphatic rings. The molecule has 0 unspecified atom stereocenters. The highest BCUT2D eigenvalue weighted by atomic mass is 28.3. The molecule has 0 N–H and O–H groups in total. The van der Waals surface area contributed by atoms with Gasteiger partial charge in [-0.25, -0.2) is 0 Å². The molecule has 2 saturated carbocycles. The maximum absolute atomic E-state index is 2.49. The standard InChI is InChI=1S/C23H36N2Si2/c1-18(20-11-9-13-22(20)26(3,4)5)24-15-16-25(17-24)19(2)21-12-10-14-23(21)27(6,7)8/h9-16,18-19H,17H2,1-8H3/t18-,19-/m1/s1. The molecule has 0 aromatic heterocycles. The van der Waals surface area contributed by atoms with E-state index in [1.807, 2.05) is 0 Å². The Hall–Kier alpha value is -0.226. The van der Waals surface area contributed by atoms with E-state index in [0.717, 1.165) is 6.67 Å². The van der Waals surface area contributed by atoms with Crippen molar-refractivity contribution < 1.29 is 0 Å². The Morgan fingerprint density at radius 2 is 1.04 bits per heavy atom. The van der Waals surface area contributed by atoms with Crippen LogP contribution in [0, 0.1) is 61.4 Å². The third kappa shape index (κ3) is 4.52. The van der Waals surface area contributed by atoms with Crippen LogP contribution in [0.2, 0.25) is 39.3 Å². The average Bonchev–Trinajstić information content (AvgIpc) is 3.31. The lowest BCUT2D eigenvalue weighted by Gasteiger charge is -2.40. The molecule has 3 rings (SSSR count). The van der Waals surface area contributed by atoms with Crippen LogP contribution in [0.1, 0.15) is 13.8 Å². The zero-order valence-electron chi connectivity index (χ0n) is 18.4. The summed E-state index contributed by atoms with van der Waals surface area (Å²) in [6, 6.07) is 0.845. The van der Waals surface area contributed by atoms with Crippen LogP contribution >= 0.6 is 0 Å². The lowest BCUT2D eigenvalue weighted by atomic mass is 9.97. The van der Waals surface area contributed by atoms with Gasteiger partial charge in [0.25, 0.3) is 0 Å². The molecule has 0 spiro atoms. The molecule has 0 aromatic rings. The fourth-order valence-electron chi connectivity index (χ4n) is 4.28. The van der Waals surface area contributed by atoms with Crippen LogP contribution in [0.3, 0.4) is 0 Å². The second-order valence-corrected chi connectivity index (χ2v) is 20.2. The third-order valence-corrected chi connectivity index (χ3v) is 10.1. The minimum Gasteiger partial charge on any atom is -0.355 e. The predicted molar refractivity (Wildman–Crippen MR) is 122 cm³/mol. The molecule has 2 fully saturated rings. The summed E-state index contributed by atoms with van der Waals surface area (Å²) in [6.45, 7) is 20.3. The first-order valence-electron chi connectivity index (χ1n) is 10.2. The maximum atomic E-state index is 2.49. The van der Waals surface area contributed by atoms with Gasteiger partial charge in [-0.2, -0.15) is 0 Å². The average molecular weight is 397 g/mol. The minimum absolute atomic E-state index is 0.422. The molecule has 27 heavy (non-hydrogen) atoms. The molecule has 146 valence electrons. The van der Waals surface area contributed by atoms with Gasteiger partial charge < -0.3 is 9.80 Å². The van der Waals surface area contributed by atoms with Crippen molar-refractivity contribution in [3.63, 3.8) is 0 Å². The van der Waals surface area contributed by atoms with E-state index >= 15 is 0 Å². The van der Waals surface area contributed by atoms with Crippen molar-refractivity contribution >= 4 is 16.1 Å². The van der Waals surface area contributed by atoms with E-state index in [9.17, 15) is 0 Å². The molecule has 0 amide bonds. The fourth-order valence-corrected chi connectivity index (χ4v) is 7.79. The number of hydrogen-bond donors (Lipinski definition) is 0. The number of nitrogens with zero attached hydrogens (tertiary/aromatic N) is 2.